The summed E-state index contributed by atoms with van der Waals surface area (Å²) in [6.07, 6.45) is 0. The molecule has 0 fully saturated rings. The van der Waals surface area contributed by atoms with Gasteiger partial charge >= 0.3 is 0 Å². The topological polar surface area (TPSA) is 58.0 Å². The average Bonchev–Trinajstić information content (AvgIpc) is 2.32. The summed E-state index contributed by atoms with van der Waals surface area (Å²) >= 11 is 0. The first kappa shape index (κ1) is 14.2. The van der Waals surface area contributed by atoms with Crippen molar-refractivity contribution in [2.75, 3.05) is 13.2 Å². The van der Waals surface area contributed by atoms with Crippen LogP contribution in [-0.4, -0.2) is 21.2 Å². The molecule has 1 aromatic carbocycles. The Labute approximate surface area is 109 Å². The maximum absolute atomic E-state index is 8.18. The lowest BCUT2D eigenvalue weighted by Gasteiger charge is -2.07. The number of rotatable bonds is 4. The highest BCUT2D eigenvalue weighted by molar-refractivity contribution is 6.83. The van der Waals surface area contributed by atoms with E-state index < -0.39 is 8.07 Å². The Hall–Kier alpha value is -1.89. The molecule has 94 valence electrons. The molecule has 0 aliphatic rings. The number of nitrogens with zero attached hydrogens (tertiary/aromatic N) is 3. The maximum Gasteiger partial charge on any atom is 0.134 e. The van der Waals surface area contributed by atoms with E-state index in [4.69, 9.17) is 10.3 Å². The third-order valence-electron chi connectivity index (χ3n) is 1.97. The zero-order valence-corrected chi connectivity index (χ0v) is 12.0. The molecule has 0 heterocycles. The van der Waals surface area contributed by atoms with E-state index in [9.17, 15) is 0 Å². The Morgan fingerprint density at radius 1 is 1.33 bits per heavy atom. The van der Waals surface area contributed by atoms with E-state index in [1.807, 2.05) is 24.3 Å². The summed E-state index contributed by atoms with van der Waals surface area (Å²) in [5.74, 6) is 3.92. The molecule has 0 aromatic heterocycles. The zero-order chi connectivity index (χ0) is 13.4. The van der Waals surface area contributed by atoms with E-state index in [-0.39, 0.29) is 0 Å². The van der Waals surface area contributed by atoms with Gasteiger partial charge in [0, 0.05) is 4.91 Å². The van der Waals surface area contributed by atoms with Gasteiger partial charge in [0.1, 0.15) is 13.8 Å². The molecule has 0 aliphatic heterocycles. The van der Waals surface area contributed by atoms with Crippen molar-refractivity contribution < 1.29 is 4.74 Å². The van der Waals surface area contributed by atoms with Crippen molar-refractivity contribution in [3.63, 3.8) is 0 Å². The smallest absolute Gasteiger partial charge is 0.134 e. The number of ether oxygens (including phenoxy) is 1. The van der Waals surface area contributed by atoms with Crippen molar-refractivity contribution in [2.24, 2.45) is 5.11 Å². The van der Waals surface area contributed by atoms with E-state index in [0.29, 0.717) is 13.2 Å². The van der Waals surface area contributed by atoms with Gasteiger partial charge in [-0.15, -0.1) is 5.54 Å². The number of benzene rings is 1. The first-order chi connectivity index (χ1) is 8.53. The van der Waals surface area contributed by atoms with Crippen LogP contribution in [0.2, 0.25) is 19.6 Å². The lowest BCUT2D eigenvalue weighted by Crippen LogP contribution is -2.16. The second kappa shape index (κ2) is 6.75. The van der Waals surface area contributed by atoms with Crippen molar-refractivity contribution in [1.29, 1.82) is 0 Å². The molecule has 1 rings (SSSR count). The second-order valence-corrected chi connectivity index (χ2v) is 9.55. The molecule has 5 heteroatoms. The molecule has 4 nitrogen and oxygen atoms in total. The first-order valence-corrected chi connectivity index (χ1v) is 9.29. The fourth-order valence-corrected chi connectivity index (χ4v) is 1.70. The highest BCUT2D eigenvalue weighted by atomic mass is 28.3. The molecular weight excluding hydrogens is 242 g/mol. The Morgan fingerprint density at radius 3 is 2.72 bits per heavy atom. The van der Waals surface area contributed by atoms with E-state index in [1.165, 1.54) is 0 Å². The van der Waals surface area contributed by atoms with Crippen LogP contribution in [0.5, 0.6) is 5.75 Å². The molecule has 0 N–H and O–H groups in total. The van der Waals surface area contributed by atoms with Crippen LogP contribution in [0.15, 0.2) is 29.4 Å². The minimum absolute atomic E-state index is 0.326. The number of hydrogen-bond acceptors (Lipinski definition) is 2. The van der Waals surface area contributed by atoms with Crippen LogP contribution < -0.4 is 4.74 Å². The molecule has 0 aliphatic carbocycles. The monoisotopic (exact) mass is 259 g/mol. The Balaban J connectivity index is 2.78. The van der Waals surface area contributed by atoms with E-state index in [1.54, 1.807) is 0 Å². The molecule has 0 saturated heterocycles. The average molecular weight is 259 g/mol. The van der Waals surface area contributed by atoms with Gasteiger partial charge < -0.3 is 4.74 Å². The van der Waals surface area contributed by atoms with Gasteiger partial charge in [-0.05, 0) is 17.7 Å². The van der Waals surface area contributed by atoms with Crippen LogP contribution in [0.3, 0.4) is 0 Å². The third-order valence-corrected chi connectivity index (χ3v) is 2.85. The number of hydrogen-bond donors (Lipinski definition) is 0. The van der Waals surface area contributed by atoms with Crippen molar-refractivity contribution in [2.45, 2.75) is 19.6 Å². The number of para-hydroxylation sites is 1. The highest BCUT2D eigenvalue weighted by Crippen LogP contribution is 2.16. The normalized spacial score (nSPS) is 9.94. The van der Waals surface area contributed by atoms with Gasteiger partial charge in [0.05, 0.1) is 18.7 Å². The lowest BCUT2D eigenvalue weighted by atomic mass is 10.2. The summed E-state index contributed by atoms with van der Waals surface area (Å²) in [6.45, 7) is 7.29. The SMILES string of the molecule is C[Si](C)(C)C#Cc1ccccc1OCCN=[N+]=[N-]. The van der Waals surface area contributed by atoms with Crippen LogP contribution >= 0.6 is 0 Å². The van der Waals surface area contributed by atoms with Gasteiger partial charge in [-0.3, -0.25) is 0 Å². The largest absolute Gasteiger partial charge is 0.492 e. The van der Waals surface area contributed by atoms with E-state index in [0.717, 1.165) is 11.3 Å². The molecule has 18 heavy (non-hydrogen) atoms. The van der Waals surface area contributed by atoms with Crippen molar-refractivity contribution in [1.82, 2.24) is 0 Å². The molecular formula is C13H17N3OSi. The summed E-state index contributed by atoms with van der Waals surface area (Å²) in [5.41, 5.74) is 12.4. The predicted molar refractivity (Wildman–Crippen MR) is 76.2 cm³/mol. The third kappa shape index (κ3) is 5.44. The maximum atomic E-state index is 8.18. The highest BCUT2D eigenvalue weighted by Gasteiger charge is 2.08. The quantitative estimate of drug-likeness (QED) is 0.203. The Kier molecular flexibility index (Phi) is 5.31. The zero-order valence-electron chi connectivity index (χ0n) is 11.0. The van der Waals surface area contributed by atoms with Gasteiger partial charge in [0.15, 0.2) is 0 Å². The van der Waals surface area contributed by atoms with Gasteiger partial charge in [0.2, 0.25) is 0 Å². The Bertz CT molecular complexity index is 505. The van der Waals surface area contributed by atoms with Gasteiger partial charge in [0.25, 0.3) is 0 Å². The molecule has 1 aromatic rings. The molecule has 0 radical (unpaired) electrons. The lowest BCUT2D eigenvalue weighted by molar-refractivity contribution is 0.327. The van der Waals surface area contributed by atoms with E-state index >= 15 is 0 Å². The predicted octanol–water partition coefficient (Wildman–Crippen LogP) is 3.60. The summed E-state index contributed by atoms with van der Waals surface area (Å²) in [6, 6.07) is 7.66. The summed E-state index contributed by atoms with van der Waals surface area (Å²) in [4.78, 5) is 2.68. The minimum Gasteiger partial charge on any atom is -0.492 e. The van der Waals surface area contributed by atoms with Crippen LogP contribution in [0.1, 0.15) is 5.56 Å². The first-order valence-electron chi connectivity index (χ1n) is 5.79. The molecule has 0 bridgehead atoms. The molecule has 0 unspecified atom stereocenters. The molecule has 0 spiro atoms. The van der Waals surface area contributed by atoms with Crippen molar-refractivity contribution in [3.05, 3.63) is 40.3 Å². The summed E-state index contributed by atoms with van der Waals surface area (Å²) in [7, 11) is -1.39. The standard InChI is InChI=1S/C13H17N3OSi/c1-18(2,3)11-8-12-6-4-5-7-13(12)17-10-9-15-16-14/h4-7H,9-10H2,1-3H3. The van der Waals surface area contributed by atoms with Crippen LogP contribution in [0, 0.1) is 11.5 Å². The van der Waals surface area contributed by atoms with Gasteiger partial charge in [-0.1, -0.05) is 42.8 Å². The van der Waals surface area contributed by atoms with Crippen LogP contribution in [-0.2, 0) is 0 Å². The molecule has 0 amide bonds. The molecule has 0 saturated carbocycles. The van der Waals surface area contributed by atoms with Gasteiger partial charge in [-0.25, -0.2) is 0 Å². The summed E-state index contributed by atoms with van der Waals surface area (Å²) < 4.78 is 5.55. The van der Waals surface area contributed by atoms with Crippen molar-refractivity contribution in [3.8, 4) is 17.2 Å². The minimum atomic E-state index is -1.39. The van der Waals surface area contributed by atoms with Crippen molar-refractivity contribution >= 4 is 8.07 Å². The van der Waals surface area contributed by atoms with Gasteiger partial charge in [-0.2, -0.15) is 0 Å². The van der Waals surface area contributed by atoms with Crippen LogP contribution in [0.4, 0.5) is 0 Å². The Morgan fingerprint density at radius 2 is 2.06 bits per heavy atom. The summed E-state index contributed by atoms with van der Waals surface area (Å²) in [5, 5.41) is 3.43. The van der Waals surface area contributed by atoms with Crippen LogP contribution in [0.25, 0.3) is 10.4 Å². The fourth-order valence-electron chi connectivity index (χ4n) is 1.19. The number of azide groups is 1. The fraction of sp³-hybridized carbons (Fsp3) is 0.385. The van der Waals surface area contributed by atoms with E-state index in [2.05, 4.69) is 41.1 Å². The second-order valence-electron chi connectivity index (χ2n) is 4.80. The molecule has 0 atom stereocenters.